The highest BCUT2D eigenvalue weighted by atomic mass is 79.9. The summed E-state index contributed by atoms with van der Waals surface area (Å²) in [6, 6.07) is 5.19. The normalized spacial score (nSPS) is 10.3. The molecule has 0 spiro atoms. The van der Waals surface area contributed by atoms with Crippen LogP contribution in [0, 0.1) is 5.92 Å². The summed E-state index contributed by atoms with van der Waals surface area (Å²) in [5, 5.41) is 2.59. The minimum absolute atomic E-state index is 0.0240. The second-order valence-electron chi connectivity index (χ2n) is 4.14. The molecule has 0 aliphatic rings. The molecule has 0 bridgehead atoms. The zero-order valence-corrected chi connectivity index (χ0v) is 12.2. The summed E-state index contributed by atoms with van der Waals surface area (Å²) in [5.74, 6) is 0.0451. The van der Waals surface area contributed by atoms with Gasteiger partial charge in [0.15, 0.2) is 5.78 Å². The Hall–Kier alpha value is -1.36. The van der Waals surface area contributed by atoms with E-state index >= 15 is 0 Å². The van der Waals surface area contributed by atoms with Gasteiger partial charge in [0.1, 0.15) is 5.75 Å². The van der Waals surface area contributed by atoms with Crippen LogP contribution in [0.25, 0.3) is 0 Å². The van der Waals surface area contributed by atoms with Gasteiger partial charge in [-0.1, -0.05) is 29.8 Å². The zero-order chi connectivity index (χ0) is 13.7. The number of carbonyl (C=O) groups is 2. The van der Waals surface area contributed by atoms with E-state index in [1.54, 1.807) is 32.0 Å². The highest BCUT2D eigenvalue weighted by molar-refractivity contribution is 9.10. The summed E-state index contributed by atoms with van der Waals surface area (Å²) in [5.41, 5.74) is 0.455. The van der Waals surface area contributed by atoms with Crippen LogP contribution in [-0.2, 0) is 4.79 Å². The lowest BCUT2D eigenvalue weighted by molar-refractivity contribution is -0.123. The fourth-order valence-electron chi connectivity index (χ4n) is 1.36. The van der Waals surface area contributed by atoms with Gasteiger partial charge in [-0.2, -0.15) is 0 Å². The number of rotatable bonds is 5. The average Bonchev–Trinajstić information content (AvgIpc) is 2.35. The number of hydrogen-bond acceptors (Lipinski definition) is 3. The molecule has 0 saturated carbocycles. The molecule has 0 atom stereocenters. The molecule has 0 aliphatic heterocycles. The average molecular weight is 314 g/mol. The number of halogens is 1. The minimum atomic E-state index is -0.179. The van der Waals surface area contributed by atoms with E-state index in [4.69, 9.17) is 4.74 Å². The number of methoxy groups -OCH3 is 1. The van der Waals surface area contributed by atoms with Crippen LogP contribution >= 0.6 is 15.9 Å². The molecule has 0 fully saturated rings. The van der Waals surface area contributed by atoms with Gasteiger partial charge in [0.05, 0.1) is 19.2 Å². The van der Waals surface area contributed by atoms with Crippen molar-refractivity contribution in [1.29, 1.82) is 0 Å². The van der Waals surface area contributed by atoms with Crippen LogP contribution in [0.15, 0.2) is 22.7 Å². The van der Waals surface area contributed by atoms with Crippen LogP contribution in [-0.4, -0.2) is 25.3 Å². The Morgan fingerprint density at radius 1 is 1.39 bits per heavy atom. The molecule has 1 rings (SSSR count). The molecule has 1 N–H and O–H groups in total. The summed E-state index contributed by atoms with van der Waals surface area (Å²) >= 11 is 3.30. The van der Waals surface area contributed by atoms with Gasteiger partial charge in [0.25, 0.3) is 0 Å². The van der Waals surface area contributed by atoms with Crippen molar-refractivity contribution in [1.82, 2.24) is 5.32 Å². The summed E-state index contributed by atoms with van der Waals surface area (Å²) < 4.78 is 5.91. The van der Waals surface area contributed by atoms with Crippen molar-refractivity contribution < 1.29 is 14.3 Å². The zero-order valence-electron chi connectivity index (χ0n) is 10.6. The van der Waals surface area contributed by atoms with Gasteiger partial charge < -0.3 is 10.1 Å². The first-order chi connectivity index (χ1) is 8.45. The Bertz CT molecular complexity index is 458. The van der Waals surface area contributed by atoms with Gasteiger partial charge in [0, 0.05) is 10.4 Å². The molecule has 1 aromatic rings. The SMILES string of the molecule is COc1ccc(Br)cc1C(=O)CNC(=O)C(C)C. The predicted octanol–water partition coefficient (Wildman–Crippen LogP) is 2.41. The summed E-state index contributed by atoms with van der Waals surface area (Å²) in [6.45, 7) is 3.53. The first-order valence-electron chi connectivity index (χ1n) is 5.60. The van der Waals surface area contributed by atoms with Crippen molar-refractivity contribution in [3.63, 3.8) is 0 Å². The fraction of sp³-hybridized carbons (Fsp3) is 0.385. The van der Waals surface area contributed by atoms with Crippen molar-refractivity contribution in [3.8, 4) is 5.75 Å². The minimum Gasteiger partial charge on any atom is -0.496 e. The quantitative estimate of drug-likeness (QED) is 0.849. The van der Waals surface area contributed by atoms with Crippen LogP contribution in [0.5, 0.6) is 5.75 Å². The molecule has 0 saturated heterocycles. The Kier molecular flexibility index (Phi) is 5.34. The van der Waals surface area contributed by atoms with Crippen LogP contribution in [0.1, 0.15) is 24.2 Å². The van der Waals surface area contributed by atoms with Crippen molar-refractivity contribution in [2.24, 2.45) is 5.92 Å². The number of hydrogen-bond donors (Lipinski definition) is 1. The van der Waals surface area contributed by atoms with Crippen LogP contribution in [0.2, 0.25) is 0 Å². The number of carbonyl (C=O) groups excluding carboxylic acids is 2. The maximum atomic E-state index is 12.0. The Morgan fingerprint density at radius 2 is 2.06 bits per heavy atom. The van der Waals surface area contributed by atoms with E-state index in [0.29, 0.717) is 11.3 Å². The molecule has 0 aliphatic carbocycles. The van der Waals surface area contributed by atoms with Crippen molar-refractivity contribution in [3.05, 3.63) is 28.2 Å². The smallest absolute Gasteiger partial charge is 0.222 e. The van der Waals surface area contributed by atoms with Gasteiger partial charge >= 0.3 is 0 Å². The molecule has 0 aromatic heterocycles. The molecule has 5 heteroatoms. The summed E-state index contributed by atoms with van der Waals surface area (Å²) in [7, 11) is 1.51. The third kappa shape index (κ3) is 3.84. The van der Waals surface area contributed by atoms with E-state index in [1.807, 2.05) is 0 Å². The highest BCUT2D eigenvalue weighted by Crippen LogP contribution is 2.23. The fourth-order valence-corrected chi connectivity index (χ4v) is 1.73. The number of benzene rings is 1. The molecular weight excluding hydrogens is 298 g/mol. The number of Topliss-reactive ketones (excluding diaryl/α,β-unsaturated/α-hetero) is 1. The molecular formula is C13H16BrNO3. The van der Waals surface area contributed by atoms with Crippen molar-refractivity contribution in [2.75, 3.05) is 13.7 Å². The molecule has 18 heavy (non-hydrogen) atoms. The predicted molar refractivity (Wildman–Crippen MR) is 72.9 cm³/mol. The lowest BCUT2D eigenvalue weighted by atomic mass is 10.1. The van der Waals surface area contributed by atoms with Crippen LogP contribution in [0.4, 0.5) is 0 Å². The Labute approximate surface area is 115 Å². The van der Waals surface area contributed by atoms with Crippen LogP contribution < -0.4 is 10.1 Å². The van der Waals surface area contributed by atoms with Gasteiger partial charge in [0.2, 0.25) is 5.91 Å². The second-order valence-corrected chi connectivity index (χ2v) is 5.06. The third-order valence-electron chi connectivity index (χ3n) is 2.41. The van der Waals surface area contributed by atoms with Crippen molar-refractivity contribution >= 4 is 27.6 Å². The van der Waals surface area contributed by atoms with Gasteiger partial charge in [-0.15, -0.1) is 0 Å². The van der Waals surface area contributed by atoms with Gasteiger partial charge in [-0.25, -0.2) is 0 Å². The standard InChI is InChI=1S/C13H16BrNO3/c1-8(2)13(17)15-7-11(16)10-6-9(14)4-5-12(10)18-3/h4-6,8H,7H2,1-3H3,(H,15,17). The largest absolute Gasteiger partial charge is 0.496 e. The first kappa shape index (κ1) is 14.7. The number of nitrogens with one attached hydrogen (secondary N) is 1. The lowest BCUT2D eigenvalue weighted by Crippen LogP contribution is -2.32. The monoisotopic (exact) mass is 313 g/mol. The van der Waals surface area contributed by atoms with E-state index in [2.05, 4.69) is 21.2 Å². The second kappa shape index (κ2) is 6.54. The molecule has 98 valence electrons. The molecule has 0 unspecified atom stereocenters. The van der Waals surface area contributed by atoms with Gasteiger partial charge in [-0.3, -0.25) is 9.59 Å². The number of amides is 1. The summed E-state index contributed by atoms with van der Waals surface area (Å²) in [6.07, 6.45) is 0. The molecule has 1 aromatic carbocycles. The highest BCUT2D eigenvalue weighted by Gasteiger charge is 2.14. The molecule has 1 amide bonds. The number of ketones is 1. The topological polar surface area (TPSA) is 55.4 Å². The van der Waals surface area contributed by atoms with Crippen molar-refractivity contribution in [2.45, 2.75) is 13.8 Å². The van der Waals surface area contributed by atoms with E-state index in [-0.39, 0.29) is 24.2 Å². The summed E-state index contributed by atoms with van der Waals surface area (Å²) in [4.78, 5) is 23.4. The Morgan fingerprint density at radius 3 is 2.61 bits per heavy atom. The third-order valence-corrected chi connectivity index (χ3v) is 2.90. The lowest BCUT2D eigenvalue weighted by Gasteiger charge is -2.10. The maximum absolute atomic E-state index is 12.0. The van der Waals surface area contributed by atoms with E-state index in [9.17, 15) is 9.59 Å². The molecule has 4 nitrogen and oxygen atoms in total. The van der Waals surface area contributed by atoms with Gasteiger partial charge in [-0.05, 0) is 18.2 Å². The van der Waals surface area contributed by atoms with E-state index in [1.165, 1.54) is 7.11 Å². The Balaban J connectivity index is 2.78. The van der Waals surface area contributed by atoms with Crippen LogP contribution in [0.3, 0.4) is 0 Å². The first-order valence-corrected chi connectivity index (χ1v) is 6.39. The molecule has 0 radical (unpaired) electrons. The van der Waals surface area contributed by atoms with E-state index in [0.717, 1.165) is 4.47 Å². The molecule has 0 heterocycles. The maximum Gasteiger partial charge on any atom is 0.222 e. The number of ether oxygens (including phenoxy) is 1. The van der Waals surface area contributed by atoms with E-state index < -0.39 is 0 Å².